The van der Waals surface area contributed by atoms with Crippen LogP contribution in [0, 0.1) is 0 Å². The van der Waals surface area contributed by atoms with Crippen molar-refractivity contribution in [1.82, 2.24) is 0 Å². The molecule has 0 atom stereocenters. The van der Waals surface area contributed by atoms with Crippen LogP contribution in [-0.4, -0.2) is 18.6 Å². The minimum absolute atomic E-state index is 0.205. The average molecular weight is 146 g/mol. The Labute approximate surface area is 57.9 Å². The summed E-state index contributed by atoms with van der Waals surface area (Å²) in [5.41, 5.74) is 0.205. The van der Waals surface area contributed by atoms with E-state index in [0.29, 0.717) is 0 Å². The third-order valence-electron chi connectivity index (χ3n) is 0.710. The lowest BCUT2D eigenvalue weighted by atomic mass is 10.4. The minimum Gasteiger partial charge on any atom is -0.266 e. The predicted octanol–water partition coefficient (Wildman–Crippen LogP) is 1.89. The normalized spacial score (nSPS) is 13.7. The van der Waals surface area contributed by atoms with E-state index in [1.54, 1.807) is 0 Å². The van der Waals surface area contributed by atoms with E-state index >= 15 is 0 Å². The summed E-state index contributed by atoms with van der Waals surface area (Å²) in [6, 6.07) is 0. The summed E-state index contributed by atoms with van der Waals surface area (Å²) in [6.45, 7) is 0.859. The Morgan fingerprint density at radius 1 is 1.60 bits per heavy atom. The second-order valence-corrected chi connectivity index (χ2v) is 1.53. The first-order chi connectivity index (χ1) is 4.81. The maximum atomic E-state index is 11.3. The minimum atomic E-state index is -0.615. The summed E-state index contributed by atoms with van der Waals surface area (Å²) < 4.78 is 22.6. The van der Waals surface area contributed by atoms with Gasteiger partial charge in [0, 0.05) is 12.4 Å². The largest absolute Gasteiger partial charge is 0.266 e. The monoisotopic (exact) mass is 146 g/mol. The predicted molar refractivity (Wildman–Crippen MR) is 37.8 cm³/mol. The standard InChI is InChI=1S/C6H8F2N2/c1-6(10-8)2-4-9-5-3-7/h2,4-5H,3H2,1H3/b4-2-,9-5?,10-6?. The molecule has 0 unspecified atom stereocenters. The summed E-state index contributed by atoms with van der Waals surface area (Å²) in [7, 11) is 0. The van der Waals surface area contributed by atoms with Gasteiger partial charge >= 0.3 is 0 Å². The zero-order chi connectivity index (χ0) is 7.82. The summed E-state index contributed by atoms with van der Waals surface area (Å²) >= 11 is 0. The van der Waals surface area contributed by atoms with Gasteiger partial charge in [0.1, 0.15) is 6.67 Å². The van der Waals surface area contributed by atoms with Crippen molar-refractivity contribution in [3.63, 3.8) is 0 Å². The van der Waals surface area contributed by atoms with Crippen LogP contribution >= 0.6 is 0 Å². The number of aliphatic imine (C=N–C) groups is 1. The Morgan fingerprint density at radius 3 is 2.80 bits per heavy atom. The van der Waals surface area contributed by atoms with Gasteiger partial charge in [-0.25, -0.2) is 4.39 Å². The van der Waals surface area contributed by atoms with Gasteiger partial charge in [-0.15, -0.1) is 0 Å². The lowest BCUT2D eigenvalue weighted by Gasteiger charge is -1.79. The SMILES string of the molecule is CC(/C=C\N=CCF)=NF. The molecule has 0 heterocycles. The van der Waals surface area contributed by atoms with E-state index in [-0.39, 0.29) is 5.71 Å². The Balaban J connectivity index is 3.66. The van der Waals surface area contributed by atoms with Crippen molar-refractivity contribution in [1.29, 1.82) is 0 Å². The van der Waals surface area contributed by atoms with E-state index in [1.165, 1.54) is 19.2 Å². The average Bonchev–Trinajstić information content (AvgIpc) is 1.98. The molecule has 0 saturated carbocycles. The van der Waals surface area contributed by atoms with Crippen LogP contribution in [0.1, 0.15) is 6.92 Å². The molecule has 0 aromatic carbocycles. The summed E-state index contributed by atoms with van der Waals surface area (Å²) in [4.78, 5) is 3.45. The van der Waals surface area contributed by atoms with Crippen LogP contribution in [-0.2, 0) is 0 Å². The van der Waals surface area contributed by atoms with E-state index < -0.39 is 6.67 Å². The van der Waals surface area contributed by atoms with Crippen molar-refractivity contribution in [2.75, 3.05) is 6.67 Å². The Bertz CT molecular complexity index is 161. The number of hydrogen-bond donors (Lipinski definition) is 0. The highest BCUT2D eigenvalue weighted by molar-refractivity contribution is 5.92. The fourth-order valence-electron chi connectivity index (χ4n) is 0.280. The van der Waals surface area contributed by atoms with E-state index in [1.807, 2.05) is 0 Å². The Kier molecular flexibility index (Phi) is 5.42. The molecule has 0 fully saturated rings. The molecular weight excluding hydrogens is 138 g/mol. The number of halogens is 2. The molecule has 0 aliphatic carbocycles. The van der Waals surface area contributed by atoms with E-state index in [2.05, 4.69) is 10.2 Å². The second-order valence-electron chi connectivity index (χ2n) is 1.53. The fraction of sp³-hybridized carbons (Fsp3) is 0.333. The first-order valence-electron chi connectivity index (χ1n) is 2.71. The number of rotatable bonds is 3. The molecule has 0 aliphatic rings. The molecule has 10 heavy (non-hydrogen) atoms. The topological polar surface area (TPSA) is 24.7 Å². The van der Waals surface area contributed by atoms with Gasteiger partial charge in [0.05, 0.1) is 5.71 Å². The van der Waals surface area contributed by atoms with E-state index in [9.17, 15) is 8.87 Å². The van der Waals surface area contributed by atoms with Crippen molar-refractivity contribution in [2.45, 2.75) is 6.92 Å². The van der Waals surface area contributed by atoms with Crippen LogP contribution in [0.2, 0.25) is 0 Å². The van der Waals surface area contributed by atoms with Crippen molar-refractivity contribution in [3.8, 4) is 0 Å². The van der Waals surface area contributed by atoms with E-state index in [0.717, 1.165) is 6.21 Å². The third-order valence-corrected chi connectivity index (χ3v) is 0.710. The number of hydrogen-bond acceptors (Lipinski definition) is 2. The van der Waals surface area contributed by atoms with Crippen LogP contribution in [0.3, 0.4) is 0 Å². The zero-order valence-electron chi connectivity index (χ0n) is 5.59. The molecule has 0 N–H and O–H groups in total. The van der Waals surface area contributed by atoms with Gasteiger partial charge in [0.15, 0.2) is 0 Å². The van der Waals surface area contributed by atoms with Crippen LogP contribution in [0.5, 0.6) is 0 Å². The van der Waals surface area contributed by atoms with Crippen molar-refractivity contribution in [2.24, 2.45) is 10.2 Å². The Hall–Kier alpha value is -1.06. The van der Waals surface area contributed by atoms with Gasteiger partial charge in [-0.05, 0) is 13.0 Å². The van der Waals surface area contributed by atoms with Gasteiger partial charge in [0.25, 0.3) is 0 Å². The Morgan fingerprint density at radius 2 is 2.30 bits per heavy atom. The van der Waals surface area contributed by atoms with Gasteiger partial charge < -0.3 is 0 Å². The number of nitrogens with zero attached hydrogens (tertiary/aromatic N) is 2. The smallest absolute Gasteiger partial charge is 0.125 e. The molecule has 2 nitrogen and oxygen atoms in total. The van der Waals surface area contributed by atoms with Crippen molar-refractivity contribution < 1.29 is 8.87 Å². The molecule has 0 bridgehead atoms. The van der Waals surface area contributed by atoms with Gasteiger partial charge in [-0.1, -0.05) is 9.70 Å². The zero-order valence-corrected chi connectivity index (χ0v) is 5.59. The number of alkyl halides is 1. The molecule has 56 valence electrons. The molecule has 0 radical (unpaired) electrons. The van der Waals surface area contributed by atoms with Crippen molar-refractivity contribution in [3.05, 3.63) is 12.3 Å². The molecular formula is C6H8F2N2. The van der Waals surface area contributed by atoms with Crippen LogP contribution in [0.15, 0.2) is 22.5 Å². The molecule has 0 rings (SSSR count). The second kappa shape index (κ2) is 6.07. The highest BCUT2D eigenvalue weighted by Gasteiger charge is 1.77. The fourth-order valence-corrected chi connectivity index (χ4v) is 0.280. The third kappa shape index (κ3) is 5.08. The summed E-state index contributed by atoms with van der Waals surface area (Å²) in [6.07, 6.45) is 3.69. The maximum Gasteiger partial charge on any atom is 0.125 e. The molecule has 0 aromatic heterocycles. The highest BCUT2D eigenvalue weighted by Crippen LogP contribution is 1.82. The van der Waals surface area contributed by atoms with Crippen LogP contribution < -0.4 is 0 Å². The van der Waals surface area contributed by atoms with Gasteiger partial charge in [0.2, 0.25) is 0 Å². The van der Waals surface area contributed by atoms with Crippen molar-refractivity contribution >= 4 is 11.9 Å². The first-order valence-corrected chi connectivity index (χ1v) is 2.71. The molecule has 0 saturated heterocycles. The molecule has 4 heteroatoms. The summed E-state index contributed by atoms with van der Waals surface area (Å²) in [5.74, 6) is 0. The van der Waals surface area contributed by atoms with Gasteiger partial charge in [-0.2, -0.15) is 0 Å². The molecule has 0 amide bonds. The molecule has 0 aliphatic heterocycles. The molecule has 0 aromatic rings. The van der Waals surface area contributed by atoms with Gasteiger partial charge in [-0.3, -0.25) is 4.99 Å². The van der Waals surface area contributed by atoms with Crippen LogP contribution in [0.25, 0.3) is 0 Å². The van der Waals surface area contributed by atoms with Crippen LogP contribution in [0.4, 0.5) is 8.87 Å². The highest BCUT2D eigenvalue weighted by atomic mass is 19.2. The quantitative estimate of drug-likeness (QED) is 0.543. The van der Waals surface area contributed by atoms with E-state index in [4.69, 9.17) is 0 Å². The lowest BCUT2D eigenvalue weighted by Crippen LogP contribution is -1.79. The first kappa shape index (κ1) is 8.94. The maximum absolute atomic E-state index is 11.3. The number of allylic oxidation sites excluding steroid dienone is 1. The lowest BCUT2D eigenvalue weighted by molar-refractivity contribution is 0.537. The summed E-state index contributed by atoms with van der Waals surface area (Å²) in [5, 5.41) is 2.35. The molecule has 0 spiro atoms.